The molecule has 0 spiro atoms. The van der Waals surface area contributed by atoms with Crippen molar-refractivity contribution in [1.82, 2.24) is 10.2 Å². The molecule has 1 atom stereocenters. The molecule has 1 saturated heterocycles. The number of carbonyl (C=O) groups excluding carboxylic acids is 1. The van der Waals surface area contributed by atoms with Crippen molar-refractivity contribution in [2.24, 2.45) is 0 Å². The largest absolute Gasteiger partial charge is 0.355 e. The summed E-state index contributed by atoms with van der Waals surface area (Å²) in [5, 5.41) is 3.03. The van der Waals surface area contributed by atoms with Crippen LogP contribution in [-0.4, -0.2) is 50.7 Å². The number of rotatable bonds is 7. The van der Waals surface area contributed by atoms with Crippen LogP contribution in [0.3, 0.4) is 0 Å². The number of piperidine rings is 1. The normalized spacial score (nSPS) is 17.4. The van der Waals surface area contributed by atoms with Gasteiger partial charge in [0.2, 0.25) is 5.91 Å². The summed E-state index contributed by atoms with van der Waals surface area (Å²) in [6.45, 7) is 4.77. The summed E-state index contributed by atoms with van der Waals surface area (Å²) in [7, 11) is -3.55. The van der Waals surface area contributed by atoms with Gasteiger partial charge in [-0.2, -0.15) is 0 Å². The Hall–Kier alpha value is -1.11. The van der Waals surface area contributed by atoms with Gasteiger partial charge in [0.15, 0.2) is 9.84 Å². The van der Waals surface area contributed by atoms with Gasteiger partial charge in [-0.15, -0.1) is 0 Å². The van der Waals surface area contributed by atoms with Crippen LogP contribution in [0.2, 0.25) is 5.02 Å². The second-order valence-corrected chi connectivity index (χ2v) is 8.73. The van der Waals surface area contributed by atoms with Gasteiger partial charge in [0.25, 0.3) is 0 Å². The van der Waals surface area contributed by atoms with E-state index < -0.39 is 9.84 Å². The van der Waals surface area contributed by atoms with Crippen LogP contribution in [0.5, 0.6) is 0 Å². The summed E-state index contributed by atoms with van der Waals surface area (Å²) in [6, 6.07) is 6.58. The van der Waals surface area contributed by atoms with Crippen molar-refractivity contribution in [3.8, 4) is 0 Å². The molecule has 1 aromatic carbocycles. The van der Waals surface area contributed by atoms with E-state index in [9.17, 15) is 13.2 Å². The number of sulfone groups is 1. The van der Waals surface area contributed by atoms with Gasteiger partial charge in [-0.05, 0) is 45.0 Å². The lowest BCUT2D eigenvalue weighted by atomic mass is 10.1. The Labute approximate surface area is 149 Å². The minimum absolute atomic E-state index is 0.0553. The maximum Gasteiger partial charge on any atom is 0.221 e. The van der Waals surface area contributed by atoms with E-state index in [0.717, 1.165) is 13.1 Å². The van der Waals surface area contributed by atoms with Gasteiger partial charge in [-0.1, -0.05) is 30.2 Å². The first kappa shape index (κ1) is 19.2. The zero-order valence-electron chi connectivity index (χ0n) is 14.0. The molecule has 1 aliphatic rings. The van der Waals surface area contributed by atoms with Crippen molar-refractivity contribution in [3.63, 3.8) is 0 Å². The highest BCUT2D eigenvalue weighted by Crippen LogP contribution is 2.22. The van der Waals surface area contributed by atoms with Crippen LogP contribution in [0.4, 0.5) is 0 Å². The number of hydrogen-bond acceptors (Lipinski definition) is 4. The SMILES string of the molecule is CC(CNC(=O)CCS(=O)(=O)c1ccccc1Cl)N1CCCCC1. The Balaban J connectivity index is 1.79. The highest BCUT2D eigenvalue weighted by atomic mass is 35.5. The summed E-state index contributed by atoms with van der Waals surface area (Å²) >= 11 is 5.93. The smallest absolute Gasteiger partial charge is 0.221 e. The van der Waals surface area contributed by atoms with Crippen molar-refractivity contribution < 1.29 is 13.2 Å². The van der Waals surface area contributed by atoms with E-state index in [2.05, 4.69) is 17.1 Å². The molecule has 2 rings (SSSR count). The molecule has 0 bridgehead atoms. The predicted molar refractivity (Wildman–Crippen MR) is 96.0 cm³/mol. The minimum atomic E-state index is -3.55. The second-order valence-electron chi connectivity index (χ2n) is 6.25. The van der Waals surface area contributed by atoms with Crippen LogP contribution in [0.1, 0.15) is 32.6 Å². The molecule has 1 fully saturated rings. The van der Waals surface area contributed by atoms with E-state index in [1.54, 1.807) is 12.1 Å². The zero-order chi connectivity index (χ0) is 17.6. The standard InChI is InChI=1S/C17H25ClN2O3S/c1-14(20-10-5-2-6-11-20)13-19-17(21)9-12-24(22,23)16-8-4-3-7-15(16)18/h3-4,7-8,14H,2,5-6,9-13H2,1H3,(H,19,21). The summed E-state index contributed by atoms with van der Waals surface area (Å²) in [5.41, 5.74) is 0. The molecular formula is C17H25ClN2O3S. The number of benzene rings is 1. The first-order chi connectivity index (χ1) is 11.4. The van der Waals surface area contributed by atoms with Crippen molar-refractivity contribution >= 4 is 27.3 Å². The molecule has 0 aromatic heterocycles. The fraction of sp³-hybridized carbons (Fsp3) is 0.588. The van der Waals surface area contributed by atoms with E-state index >= 15 is 0 Å². The molecule has 7 heteroatoms. The molecule has 1 heterocycles. The number of carbonyl (C=O) groups is 1. The van der Waals surface area contributed by atoms with Gasteiger partial charge in [0.1, 0.15) is 0 Å². The Kier molecular flexibility index (Phi) is 7.07. The lowest BCUT2D eigenvalue weighted by molar-refractivity contribution is -0.120. The highest BCUT2D eigenvalue weighted by molar-refractivity contribution is 7.91. The number of likely N-dealkylation sites (tertiary alicyclic amines) is 1. The molecule has 1 amide bonds. The number of halogens is 1. The molecule has 1 unspecified atom stereocenters. The molecule has 0 radical (unpaired) electrons. The van der Waals surface area contributed by atoms with Gasteiger partial charge in [0, 0.05) is 19.0 Å². The van der Waals surface area contributed by atoms with Crippen molar-refractivity contribution in [2.75, 3.05) is 25.4 Å². The molecule has 1 aromatic rings. The number of nitrogens with one attached hydrogen (secondary N) is 1. The molecule has 5 nitrogen and oxygen atoms in total. The fourth-order valence-corrected chi connectivity index (χ4v) is 4.69. The monoisotopic (exact) mass is 372 g/mol. The number of nitrogens with zero attached hydrogens (tertiary/aromatic N) is 1. The van der Waals surface area contributed by atoms with Gasteiger partial charge in [-0.3, -0.25) is 9.69 Å². The quantitative estimate of drug-likeness (QED) is 0.798. The van der Waals surface area contributed by atoms with E-state index in [4.69, 9.17) is 11.6 Å². The van der Waals surface area contributed by atoms with Crippen molar-refractivity contribution in [1.29, 1.82) is 0 Å². The number of hydrogen-bond donors (Lipinski definition) is 1. The summed E-state index contributed by atoms with van der Waals surface area (Å²) in [4.78, 5) is 14.4. The van der Waals surface area contributed by atoms with Gasteiger partial charge in [0.05, 0.1) is 15.7 Å². The lowest BCUT2D eigenvalue weighted by Crippen LogP contribution is -2.44. The third-order valence-corrected chi connectivity index (χ3v) is 6.59. The van der Waals surface area contributed by atoms with Gasteiger partial charge >= 0.3 is 0 Å². The Morgan fingerprint density at radius 2 is 1.92 bits per heavy atom. The summed E-state index contributed by atoms with van der Waals surface area (Å²) in [6.07, 6.45) is 3.62. The van der Waals surface area contributed by atoms with Crippen LogP contribution in [0.15, 0.2) is 29.2 Å². The molecule has 24 heavy (non-hydrogen) atoms. The average molecular weight is 373 g/mol. The summed E-state index contributed by atoms with van der Waals surface area (Å²) in [5.74, 6) is -0.477. The van der Waals surface area contributed by atoms with E-state index in [1.165, 1.54) is 31.4 Å². The Morgan fingerprint density at radius 3 is 2.58 bits per heavy atom. The number of amides is 1. The van der Waals surface area contributed by atoms with E-state index in [1.807, 2.05) is 0 Å². The molecule has 0 aliphatic carbocycles. The molecule has 1 aliphatic heterocycles. The maximum atomic E-state index is 12.3. The average Bonchev–Trinajstić information content (AvgIpc) is 2.59. The fourth-order valence-electron chi connectivity index (χ4n) is 2.87. The molecule has 0 saturated carbocycles. The van der Waals surface area contributed by atoms with Crippen LogP contribution in [0.25, 0.3) is 0 Å². The topological polar surface area (TPSA) is 66.5 Å². The first-order valence-corrected chi connectivity index (χ1v) is 10.4. The molecule has 1 N–H and O–H groups in total. The van der Waals surface area contributed by atoms with E-state index in [-0.39, 0.29) is 34.0 Å². The highest BCUT2D eigenvalue weighted by Gasteiger charge is 2.20. The second kappa shape index (κ2) is 8.83. The van der Waals surface area contributed by atoms with E-state index in [0.29, 0.717) is 6.54 Å². The summed E-state index contributed by atoms with van der Waals surface area (Å²) < 4.78 is 24.5. The lowest BCUT2D eigenvalue weighted by Gasteiger charge is -2.32. The van der Waals surface area contributed by atoms with Crippen LogP contribution in [-0.2, 0) is 14.6 Å². The predicted octanol–water partition coefficient (Wildman–Crippen LogP) is 2.49. The van der Waals surface area contributed by atoms with Crippen LogP contribution >= 0.6 is 11.6 Å². The van der Waals surface area contributed by atoms with Crippen molar-refractivity contribution in [3.05, 3.63) is 29.3 Å². The third-order valence-electron chi connectivity index (χ3n) is 4.38. The first-order valence-electron chi connectivity index (χ1n) is 8.38. The molecule has 134 valence electrons. The van der Waals surface area contributed by atoms with Gasteiger partial charge < -0.3 is 5.32 Å². The van der Waals surface area contributed by atoms with Gasteiger partial charge in [-0.25, -0.2) is 8.42 Å². The van der Waals surface area contributed by atoms with Crippen LogP contribution < -0.4 is 5.32 Å². The Bertz CT molecular complexity index is 658. The third kappa shape index (κ3) is 5.46. The molecular weight excluding hydrogens is 348 g/mol. The van der Waals surface area contributed by atoms with Crippen LogP contribution in [0, 0.1) is 0 Å². The maximum absolute atomic E-state index is 12.3. The van der Waals surface area contributed by atoms with Crippen molar-refractivity contribution in [2.45, 2.75) is 43.5 Å². The minimum Gasteiger partial charge on any atom is -0.355 e. The Morgan fingerprint density at radius 1 is 1.25 bits per heavy atom. The zero-order valence-corrected chi connectivity index (χ0v) is 15.6.